The van der Waals surface area contributed by atoms with E-state index in [2.05, 4.69) is 25.7 Å². The molecule has 0 aliphatic carbocycles. The van der Waals surface area contributed by atoms with E-state index in [-0.39, 0.29) is 5.82 Å². The highest BCUT2D eigenvalue weighted by atomic mass is 32.2. The van der Waals surface area contributed by atoms with Crippen LogP contribution in [0.3, 0.4) is 0 Å². The summed E-state index contributed by atoms with van der Waals surface area (Å²) in [6.07, 6.45) is 7.90. The molecular weight excluding hydrogens is 436 g/mol. The first-order chi connectivity index (χ1) is 15.9. The summed E-state index contributed by atoms with van der Waals surface area (Å²) < 4.78 is 26.0. The Balaban J connectivity index is 1.94. The first-order valence-electron chi connectivity index (χ1n) is 9.99. The molecule has 9 heteroatoms. The Hall–Kier alpha value is -4.29. The highest BCUT2D eigenvalue weighted by Gasteiger charge is 2.26. The number of hydrogen-bond acceptors (Lipinski definition) is 7. The molecule has 164 valence electrons. The molecule has 0 aliphatic rings. The van der Waals surface area contributed by atoms with Gasteiger partial charge in [-0.3, -0.25) is 14.7 Å². The van der Waals surface area contributed by atoms with Crippen LogP contribution in [0.25, 0.3) is 0 Å². The van der Waals surface area contributed by atoms with Crippen LogP contribution in [0.4, 0.5) is 17.3 Å². The standard InChI is InChI=1S/C24H20N6O2S/c1-33(31,32)29-22-10-3-11-23(28-22)30(21-9-5-13-27-17-21)24(20-8-4-12-26-16-20)19-7-2-6-18(14-19)15-25/h2-14,16-17,24H,1H3,(H,28,29). The van der Waals surface area contributed by atoms with Crippen LogP contribution in [-0.2, 0) is 10.0 Å². The number of nitrogens with zero attached hydrogens (tertiary/aromatic N) is 5. The van der Waals surface area contributed by atoms with E-state index in [1.807, 2.05) is 47.4 Å². The lowest BCUT2D eigenvalue weighted by Gasteiger charge is -2.33. The summed E-state index contributed by atoms with van der Waals surface area (Å²) in [5.74, 6) is 0.687. The van der Waals surface area contributed by atoms with Crippen LogP contribution in [0.2, 0.25) is 0 Å². The van der Waals surface area contributed by atoms with Crippen LogP contribution in [0.15, 0.2) is 91.5 Å². The van der Waals surface area contributed by atoms with Crippen molar-refractivity contribution in [1.82, 2.24) is 15.0 Å². The van der Waals surface area contributed by atoms with Crippen LogP contribution in [-0.4, -0.2) is 29.6 Å². The van der Waals surface area contributed by atoms with E-state index >= 15 is 0 Å². The van der Waals surface area contributed by atoms with E-state index in [4.69, 9.17) is 0 Å². The molecule has 4 aromatic rings. The zero-order valence-corrected chi connectivity index (χ0v) is 18.5. The topological polar surface area (TPSA) is 112 Å². The van der Waals surface area contributed by atoms with Gasteiger partial charge in [0, 0.05) is 18.6 Å². The minimum atomic E-state index is -3.51. The molecule has 0 saturated heterocycles. The molecule has 1 aromatic carbocycles. The number of nitriles is 1. The van der Waals surface area contributed by atoms with Gasteiger partial charge in [-0.2, -0.15) is 5.26 Å². The third kappa shape index (κ3) is 5.31. The van der Waals surface area contributed by atoms with Crippen molar-refractivity contribution in [3.8, 4) is 6.07 Å². The summed E-state index contributed by atoms with van der Waals surface area (Å²) in [6, 6.07) is 21.7. The molecule has 0 spiro atoms. The number of nitrogens with one attached hydrogen (secondary N) is 1. The molecule has 3 aromatic heterocycles. The molecule has 1 unspecified atom stereocenters. The van der Waals surface area contributed by atoms with E-state index in [0.717, 1.165) is 23.1 Å². The monoisotopic (exact) mass is 456 g/mol. The van der Waals surface area contributed by atoms with Gasteiger partial charge in [-0.1, -0.05) is 24.3 Å². The minimum Gasteiger partial charge on any atom is -0.313 e. The number of sulfonamides is 1. The summed E-state index contributed by atoms with van der Waals surface area (Å²) in [7, 11) is -3.51. The largest absolute Gasteiger partial charge is 0.313 e. The molecule has 0 radical (unpaired) electrons. The molecule has 1 N–H and O–H groups in total. The van der Waals surface area contributed by atoms with E-state index < -0.39 is 16.1 Å². The lowest BCUT2D eigenvalue weighted by atomic mass is 9.96. The third-order valence-corrected chi connectivity index (χ3v) is 5.37. The highest BCUT2D eigenvalue weighted by molar-refractivity contribution is 7.92. The highest BCUT2D eigenvalue weighted by Crippen LogP contribution is 2.38. The number of aromatic nitrogens is 3. The van der Waals surface area contributed by atoms with Gasteiger partial charge in [-0.05, 0) is 53.6 Å². The van der Waals surface area contributed by atoms with Crippen molar-refractivity contribution in [3.63, 3.8) is 0 Å². The fourth-order valence-electron chi connectivity index (χ4n) is 3.52. The summed E-state index contributed by atoms with van der Waals surface area (Å²) in [4.78, 5) is 15.1. The minimum absolute atomic E-state index is 0.194. The van der Waals surface area contributed by atoms with Crippen LogP contribution in [0, 0.1) is 11.3 Å². The summed E-state index contributed by atoms with van der Waals surface area (Å²) in [6.45, 7) is 0. The quantitative estimate of drug-likeness (QED) is 0.447. The number of benzene rings is 1. The Morgan fingerprint density at radius 3 is 2.33 bits per heavy atom. The fraction of sp³-hybridized carbons (Fsp3) is 0.0833. The van der Waals surface area contributed by atoms with Gasteiger partial charge >= 0.3 is 0 Å². The van der Waals surface area contributed by atoms with Gasteiger partial charge in [0.1, 0.15) is 11.6 Å². The molecule has 4 rings (SSSR count). The van der Waals surface area contributed by atoms with E-state index in [0.29, 0.717) is 11.4 Å². The fourth-order valence-corrected chi connectivity index (χ4v) is 4.01. The van der Waals surface area contributed by atoms with Gasteiger partial charge in [-0.25, -0.2) is 13.4 Å². The third-order valence-electron chi connectivity index (χ3n) is 4.79. The molecular formula is C24H20N6O2S. The van der Waals surface area contributed by atoms with Crippen LogP contribution in [0.5, 0.6) is 0 Å². The van der Waals surface area contributed by atoms with Gasteiger partial charge < -0.3 is 4.90 Å². The van der Waals surface area contributed by atoms with Crippen molar-refractivity contribution in [2.75, 3.05) is 15.9 Å². The second-order valence-corrected chi connectivity index (χ2v) is 9.01. The molecule has 1 atom stereocenters. The Morgan fingerprint density at radius 1 is 0.939 bits per heavy atom. The average molecular weight is 457 g/mol. The van der Waals surface area contributed by atoms with Crippen molar-refractivity contribution in [2.24, 2.45) is 0 Å². The van der Waals surface area contributed by atoms with E-state index in [1.54, 1.807) is 49.1 Å². The SMILES string of the molecule is CS(=O)(=O)Nc1cccc(N(c2cccnc2)C(c2cccnc2)c2cccc(C#N)c2)n1. The Bertz CT molecular complexity index is 1390. The molecule has 0 fully saturated rings. The van der Waals surface area contributed by atoms with Gasteiger partial charge in [0.05, 0.1) is 35.8 Å². The maximum atomic E-state index is 11.8. The zero-order chi connectivity index (χ0) is 23.3. The molecule has 0 aliphatic heterocycles. The number of pyridine rings is 3. The smallest absolute Gasteiger partial charge is 0.230 e. The normalized spacial score (nSPS) is 11.9. The van der Waals surface area contributed by atoms with E-state index in [1.165, 1.54) is 0 Å². The second kappa shape index (κ2) is 9.46. The Kier molecular flexibility index (Phi) is 6.29. The number of anilines is 3. The lowest BCUT2D eigenvalue weighted by Crippen LogP contribution is -2.26. The van der Waals surface area contributed by atoms with Crippen LogP contribution < -0.4 is 9.62 Å². The molecule has 0 saturated carbocycles. The second-order valence-electron chi connectivity index (χ2n) is 7.26. The number of hydrogen-bond donors (Lipinski definition) is 1. The van der Waals surface area contributed by atoms with Gasteiger partial charge in [-0.15, -0.1) is 0 Å². The summed E-state index contributed by atoms with van der Waals surface area (Å²) in [5, 5.41) is 9.47. The van der Waals surface area contributed by atoms with Crippen molar-refractivity contribution >= 4 is 27.3 Å². The number of rotatable bonds is 7. The van der Waals surface area contributed by atoms with Crippen LogP contribution in [0.1, 0.15) is 22.7 Å². The molecule has 8 nitrogen and oxygen atoms in total. The maximum absolute atomic E-state index is 11.8. The van der Waals surface area contributed by atoms with Gasteiger partial charge in [0.2, 0.25) is 10.0 Å². The lowest BCUT2D eigenvalue weighted by molar-refractivity contribution is 0.606. The molecule has 33 heavy (non-hydrogen) atoms. The molecule has 0 amide bonds. The molecule has 0 bridgehead atoms. The van der Waals surface area contributed by atoms with Crippen molar-refractivity contribution < 1.29 is 8.42 Å². The van der Waals surface area contributed by atoms with Crippen molar-refractivity contribution in [1.29, 1.82) is 5.26 Å². The predicted octanol–water partition coefficient (Wildman–Crippen LogP) is 4.04. The van der Waals surface area contributed by atoms with Gasteiger partial charge in [0.25, 0.3) is 0 Å². The summed E-state index contributed by atoms with van der Waals surface area (Å²) >= 11 is 0. The van der Waals surface area contributed by atoms with Crippen molar-refractivity contribution in [3.05, 3.63) is 108 Å². The Labute approximate surface area is 192 Å². The van der Waals surface area contributed by atoms with E-state index in [9.17, 15) is 13.7 Å². The Morgan fingerprint density at radius 2 is 1.67 bits per heavy atom. The summed E-state index contributed by atoms with van der Waals surface area (Å²) in [5.41, 5.74) is 2.96. The first kappa shape index (κ1) is 21.9. The van der Waals surface area contributed by atoms with Crippen molar-refractivity contribution in [2.45, 2.75) is 6.04 Å². The molecule has 3 heterocycles. The maximum Gasteiger partial charge on any atom is 0.230 e. The van der Waals surface area contributed by atoms with Crippen LogP contribution >= 0.6 is 0 Å². The van der Waals surface area contributed by atoms with Gasteiger partial charge in [0.15, 0.2) is 0 Å². The predicted molar refractivity (Wildman–Crippen MR) is 126 cm³/mol. The first-order valence-corrected chi connectivity index (χ1v) is 11.9. The average Bonchev–Trinajstić information content (AvgIpc) is 2.82. The zero-order valence-electron chi connectivity index (χ0n) is 17.7.